The predicted octanol–water partition coefficient (Wildman–Crippen LogP) is 0.150. The van der Waals surface area contributed by atoms with Crippen molar-refractivity contribution in [3.05, 3.63) is 108 Å². The zero-order chi connectivity index (χ0) is 20.1. The second-order valence-corrected chi connectivity index (χ2v) is 4.96. The first-order valence-electron chi connectivity index (χ1n) is 7.71. The van der Waals surface area contributed by atoms with Gasteiger partial charge in [0.05, 0.1) is 17.9 Å². The summed E-state index contributed by atoms with van der Waals surface area (Å²) in [6.45, 7) is 0. The molecular weight excluding hydrogens is 666 g/mol. The van der Waals surface area contributed by atoms with Crippen LogP contribution in [0.3, 0.4) is 0 Å². The van der Waals surface area contributed by atoms with Crippen LogP contribution in [-0.4, -0.2) is 17.9 Å². The van der Waals surface area contributed by atoms with Gasteiger partial charge in [0.15, 0.2) is 0 Å². The van der Waals surface area contributed by atoms with Crippen molar-refractivity contribution in [2.24, 2.45) is 0 Å². The molecule has 0 saturated carbocycles. The summed E-state index contributed by atoms with van der Waals surface area (Å²) in [6, 6.07) is 24.2. The van der Waals surface area contributed by atoms with E-state index in [1.807, 2.05) is 0 Å². The molecule has 0 bridgehead atoms. The molecule has 0 fully saturated rings. The quantitative estimate of drug-likeness (QED) is 0.389. The number of benzene rings is 3. The SMILES string of the molecule is O=C([O-])c1ccccc1.O=C([O-])c1ccccc1.O=C([O-])c1ccccc1.[Nd].[Yb+3]. The zero-order valence-electron chi connectivity index (χ0n) is 14.9. The van der Waals surface area contributed by atoms with E-state index in [4.69, 9.17) is 0 Å². The van der Waals surface area contributed by atoms with Gasteiger partial charge < -0.3 is 29.7 Å². The summed E-state index contributed by atoms with van der Waals surface area (Å²) in [5, 5.41) is 30.3. The van der Waals surface area contributed by atoms with Gasteiger partial charge >= 0.3 is 46.9 Å². The van der Waals surface area contributed by atoms with Gasteiger partial charge in [-0.05, 0) is 16.7 Å². The number of carbonyl (C=O) groups excluding carboxylic acids is 3. The van der Waals surface area contributed by atoms with Crippen molar-refractivity contribution in [2.75, 3.05) is 0 Å². The van der Waals surface area contributed by atoms with Crippen LogP contribution in [0.4, 0.5) is 0 Å². The standard InChI is InChI=1S/3C7H6O2.Nd.Yb/c3*8-7(9)6-4-2-1-3-5-6;;/h3*1-5H,(H,8,9);;/q;;;;+3/p-3. The van der Waals surface area contributed by atoms with Gasteiger partial charge in [-0.25, -0.2) is 0 Å². The summed E-state index contributed by atoms with van der Waals surface area (Å²) >= 11 is 0. The molecule has 29 heavy (non-hydrogen) atoms. The first-order valence-corrected chi connectivity index (χ1v) is 7.71. The smallest absolute Gasteiger partial charge is 0.545 e. The second kappa shape index (κ2) is 17.8. The van der Waals surface area contributed by atoms with E-state index >= 15 is 0 Å². The molecule has 0 atom stereocenters. The van der Waals surface area contributed by atoms with Gasteiger partial charge in [-0.1, -0.05) is 91.0 Å². The minimum Gasteiger partial charge on any atom is -0.545 e. The Morgan fingerprint density at radius 1 is 0.448 bits per heavy atom. The number of carboxylic acid groups (broad SMARTS) is 3. The van der Waals surface area contributed by atoms with Gasteiger partial charge in [-0.15, -0.1) is 0 Å². The molecule has 0 unspecified atom stereocenters. The van der Waals surface area contributed by atoms with E-state index < -0.39 is 17.9 Å². The summed E-state index contributed by atoms with van der Waals surface area (Å²) in [6.07, 6.45) is 0. The molecule has 3 rings (SSSR count). The van der Waals surface area contributed by atoms with Crippen molar-refractivity contribution >= 4 is 17.9 Å². The molecule has 153 valence electrons. The Labute approximate surface area is 239 Å². The fourth-order valence-electron chi connectivity index (χ4n) is 1.72. The molecule has 1 radical (unpaired) electrons. The summed E-state index contributed by atoms with van der Waals surface area (Å²) in [5.41, 5.74) is 0.660. The monoisotopic (exact) mass is 679 g/mol. The normalized spacial score (nSPS) is 8.28. The maximum absolute atomic E-state index is 10.1. The molecule has 0 N–H and O–H groups in total. The zero-order valence-corrected chi connectivity index (χ0v) is 19.8. The fourth-order valence-corrected chi connectivity index (χ4v) is 1.72. The van der Waals surface area contributed by atoms with E-state index in [9.17, 15) is 29.7 Å². The molecule has 0 amide bonds. The average molecular weight is 681 g/mol. The number of hydrogen-bond donors (Lipinski definition) is 0. The van der Waals surface area contributed by atoms with Crippen LogP contribution in [0, 0.1) is 87.8 Å². The number of carboxylic acids is 3. The van der Waals surface area contributed by atoms with Crippen molar-refractivity contribution in [1.82, 2.24) is 0 Å². The summed E-state index contributed by atoms with van der Waals surface area (Å²) in [4.78, 5) is 30.3. The molecular formula is C21H15NdO6Yb. The molecule has 0 aliphatic heterocycles. The molecule has 6 nitrogen and oxygen atoms in total. The maximum Gasteiger partial charge on any atom is 3.00 e. The molecule has 0 heterocycles. The minimum absolute atomic E-state index is 0. The first kappa shape index (κ1) is 30.1. The molecule has 0 aliphatic rings. The van der Waals surface area contributed by atoms with Crippen LogP contribution in [0.1, 0.15) is 31.1 Å². The summed E-state index contributed by atoms with van der Waals surface area (Å²) < 4.78 is 0. The van der Waals surface area contributed by atoms with Gasteiger partial charge in [0.25, 0.3) is 0 Å². The third-order valence-corrected chi connectivity index (χ3v) is 3.03. The Balaban J connectivity index is 0. The van der Waals surface area contributed by atoms with Crippen molar-refractivity contribution in [2.45, 2.75) is 0 Å². The van der Waals surface area contributed by atoms with Crippen LogP contribution in [0.2, 0.25) is 0 Å². The number of rotatable bonds is 3. The molecule has 0 aliphatic carbocycles. The van der Waals surface area contributed by atoms with E-state index in [0.717, 1.165) is 0 Å². The summed E-state index contributed by atoms with van der Waals surface area (Å²) in [5.74, 6) is -3.39. The second-order valence-electron chi connectivity index (χ2n) is 4.96. The third kappa shape index (κ3) is 13.7. The number of aromatic carboxylic acids is 3. The number of hydrogen-bond acceptors (Lipinski definition) is 6. The topological polar surface area (TPSA) is 120 Å². The van der Waals surface area contributed by atoms with Crippen molar-refractivity contribution in [3.8, 4) is 0 Å². The fraction of sp³-hybridized carbons (Fsp3) is 0. The Kier molecular flexibility index (Phi) is 18.5. The third-order valence-electron chi connectivity index (χ3n) is 3.03. The van der Waals surface area contributed by atoms with E-state index in [-0.39, 0.29) is 104 Å². The van der Waals surface area contributed by atoms with E-state index in [2.05, 4.69) is 0 Å². The van der Waals surface area contributed by atoms with Gasteiger partial charge in [-0.2, -0.15) is 0 Å². The molecule has 0 spiro atoms. The van der Waals surface area contributed by atoms with Crippen LogP contribution < -0.4 is 15.3 Å². The van der Waals surface area contributed by atoms with E-state index in [1.165, 1.54) is 36.4 Å². The Bertz CT molecular complexity index is 740. The van der Waals surface area contributed by atoms with Crippen molar-refractivity contribution in [1.29, 1.82) is 0 Å². The molecule has 8 heteroatoms. The summed E-state index contributed by atoms with van der Waals surface area (Å²) in [7, 11) is 0. The van der Waals surface area contributed by atoms with Crippen molar-refractivity contribution < 1.29 is 117 Å². The number of carbonyl (C=O) groups is 3. The van der Waals surface area contributed by atoms with Crippen LogP contribution >= 0.6 is 0 Å². The van der Waals surface area contributed by atoms with E-state index in [0.29, 0.717) is 0 Å². The van der Waals surface area contributed by atoms with Crippen LogP contribution in [0.25, 0.3) is 0 Å². The Hall–Kier alpha value is -1.06. The van der Waals surface area contributed by atoms with Gasteiger partial charge in [-0.3, -0.25) is 0 Å². The maximum atomic E-state index is 10.1. The molecule has 3 aromatic carbocycles. The van der Waals surface area contributed by atoms with Gasteiger partial charge in [0.1, 0.15) is 0 Å². The van der Waals surface area contributed by atoms with Crippen LogP contribution in [0.15, 0.2) is 91.0 Å². The van der Waals surface area contributed by atoms with Crippen molar-refractivity contribution in [3.63, 3.8) is 0 Å². The predicted molar refractivity (Wildman–Crippen MR) is 92.3 cm³/mol. The molecule has 0 aromatic heterocycles. The Morgan fingerprint density at radius 2 is 0.621 bits per heavy atom. The molecule has 0 saturated heterocycles. The Morgan fingerprint density at radius 3 is 0.724 bits per heavy atom. The van der Waals surface area contributed by atoms with Gasteiger partial charge in [0, 0.05) is 40.8 Å². The first-order chi connectivity index (χ1) is 12.9. The molecule has 3 aromatic rings. The largest absolute Gasteiger partial charge is 3.00 e. The van der Waals surface area contributed by atoms with Gasteiger partial charge in [0.2, 0.25) is 0 Å². The van der Waals surface area contributed by atoms with Crippen LogP contribution in [-0.2, 0) is 0 Å². The van der Waals surface area contributed by atoms with E-state index in [1.54, 1.807) is 54.6 Å². The van der Waals surface area contributed by atoms with Crippen LogP contribution in [0.5, 0.6) is 0 Å². The average Bonchev–Trinajstić information content (AvgIpc) is 2.71. The minimum atomic E-state index is -1.13.